The fourth-order valence-corrected chi connectivity index (χ4v) is 3.20. The SMILES string of the molecule is CCC(O)(c1ccc(OCc2cccc(C)n2)cc1)c1ccccc1OC. The third-order valence-electron chi connectivity index (χ3n) is 4.73. The first-order valence-corrected chi connectivity index (χ1v) is 9.08. The second-order valence-electron chi connectivity index (χ2n) is 6.50. The van der Waals surface area contributed by atoms with Gasteiger partial charge in [-0.3, -0.25) is 4.98 Å². The normalized spacial score (nSPS) is 13.0. The maximum Gasteiger partial charge on any atom is 0.130 e. The number of benzene rings is 2. The molecule has 4 heteroatoms. The molecule has 0 radical (unpaired) electrons. The molecule has 0 bridgehead atoms. The topological polar surface area (TPSA) is 51.6 Å². The lowest BCUT2D eigenvalue weighted by Gasteiger charge is -2.29. The molecule has 0 aliphatic carbocycles. The van der Waals surface area contributed by atoms with Gasteiger partial charge in [-0.2, -0.15) is 0 Å². The number of rotatable bonds is 7. The number of pyridine rings is 1. The smallest absolute Gasteiger partial charge is 0.130 e. The number of aryl methyl sites for hydroxylation is 1. The van der Waals surface area contributed by atoms with Crippen molar-refractivity contribution in [1.29, 1.82) is 0 Å². The fraction of sp³-hybridized carbons (Fsp3) is 0.261. The van der Waals surface area contributed by atoms with Gasteiger partial charge in [-0.15, -0.1) is 0 Å². The van der Waals surface area contributed by atoms with E-state index in [-0.39, 0.29) is 0 Å². The van der Waals surface area contributed by atoms with Crippen molar-refractivity contribution in [3.63, 3.8) is 0 Å². The molecule has 4 nitrogen and oxygen atoms in total. The number of nitrogens with zero attached hydrogens (tertiary/aromatic N) is 1. The first-order chi connectivity index (χ1) is 13.1. The van der Waals surface area contributed by atoms with E-state index in [9.17, 15) is 5.11 Å². The largest absolute Gasteiger partial charge is 0.496 e. The molecule has 0 amide bonds. The number of para-hydroxylation sites is 1. The fourth-order valence-electron chi connectivity index (χ4n) is 3.20. The number of hydrogen-bond donors (Lipinski definition) is 1. The van der Waals surface area contributed by atoms with E-state index < -0.39 is 5.60 Å². The predicted octanol–water partition coefficient (Wildman–Crippen LogP) is 4.62. The Morgan fingerprint density at radius 2 is 1.70 bits per heavy atom. The minimum absolute atomic E-state index is 0.408. The van der Waals surface area contributed by atoms with Crippen LogP contribution in [0, 0.1) is 6.92 Å². The van der Waals surface area contributed by atoms with Crippen molar-refractivity contribution in [2.75, 3.05) is 7.11 Å². The van der Waals surface area contributed by atoms with Crippen LogP contribution in [0.3, 0.4) is 0 Å². The van der Waals surface area contributed by atoms with Crippen molar-refractivity contribution in [3.8, 4) is 11.5 Å². The Hall–Kier alpha value is -2.85. The molecular formula is C23H25NO3. The summed E-state index contributed by atoms with van der Waals surface area (Å²) in [5, 5.41) is 11.4. The zero-order chi connectivity index (χ0) is 19.3. The van der Waals surface area contributed by atoms with Gasteiger partial charge in [0.25, 0.3) is 0 Å². The summed E-state index contributed by atoms with van der Waals surface area (Å²) in [6, 6.07) is 21.0. The monoisotopic (exact) mass is 363 g/mol. The van der Waals surface area contributed by atoms with Crippen molar-refractivity contribution in [3.05, 3.63) is 89.2 Å². The van der Waals surface area contributed by atoms with Gasteiger partial charge in [-0.05, 0) is 49.2 Å². The average Bonchev–Trinajstić information content (AvgIpc) is 2.72. The quantitative estimate of drug-likeness (QED) is 0.665. The number of ether oxygens (including phenoxy) is 2. The Bertz CT molecular complexity index is 892. The van der Waals surface area contributed by atoms with Gasteiger partial charge in [0.15, 0.2) is 0 Å². The van der Waals surface area contributed by atoms with Crippen LogP contribution in [-0.2, 0) is 12.2 Å². The molecule has 140 valence electrons. The first kappa shape index (κ1) is 18.9. The summed E-state index contributed by atoms with van der Waals surface area (Å²) in [6.45, 7) is 4.33. The van der Waals surface area contributed by atoms with Crippen LogP contribution >= 0.6 is 0 Å². The molecule has 1 atom stereocenters. The molecular weight excluding hydrogens is 338 g/mol. The molecule has 3 rings (SSSR count). The molecule has 0 fully saturated rings. The summed E-state index contributed by atoms with van der Waals surface area (Å²) in [7, 11) is 1.62. The second kappa shape index (κ2) is 8.23. The highest BCUT2D eigenvalue weighted by Gasteiger charge is 2.32. The molecule has 27 heavy (non-hydrogen) atoms. The maximum atomic E-state index is 11.4. The summed E-state index contributed by atoms with van der Waals surface area (Å²) < 4.78 is 11.3. The molecule has 0 aliphatic heterocycles. The molecule has 1 unspecified atom stereocenters. The molecule has 1 aromatic heterocycles. The molecule has 0 saturated carbocycles. The van der Waals surface area contributed by atoms with Gasteiger partial charge in [0.2, 0.25) is 0 Å². The van der Waals surface area contributed by atoms with Crippen LogP contribution in [0.25, 0.3) is 0 Å². The Morgan fingerprint density at radius 3 is 2.37 bits per heavy atom. The van der Waals surface area contributed by atoms with Gasteiger partial charge in [0.05, 0.1) is 12.8 Å². The minimum Gasteiger partial charge on any atom is -0.496 e. The van der Waals surface area contributed by atoms with Crippen molar-refractivity contribution in [2.45, 2.75) is 32.5 Å². The lowest BCUT2D eigenvalue weighted by Crippen LogP contribution is -2.26. The van der Waals surface area contributed by atoms with Crippen LogP contribution in [0.1, 0.15) is 35.9 Å². The van der Waals surface area contributed by atoms with Gasteiger partial charge in [0, 0.05) is 11.3 Å². The minimum atomic E-state index is -1.12. The molecule has 1 N–H and O–H groups in total. The van der Waals surface area contributed by atoms with E-state index in [4.69, 9.17) is 9.47 Å². The van der Waals surface area contributed by atoms with E-state index in [1.807, 2.05) is 80.6 Å². The van der Waals surface area contributed by atoms with E-state index in [0.717, 1.165) is 28.3 Å². The molecule has 0 spiro atoms. The highest BCUT2D eigenvalue weighted by molar-refractivity contribution is 5.45. The van der Waals surface area contributed by atoms with Crippen LogP contribution in [0.4, 0.5) is 0 Å². The number of methoxy groups -OCH3 is 1. The zero-order valence-electron chi connectivity index (χ0n) is 16.0. The summed E-state index contributed by atoms with van der Waals surface area (Å²) in [6.07, 6.45) is 0.529. The van der Waals surface area contributed by atoms with E-state index >= 15 is 0 Å². The number of hydrogen-bond acceptors (Lipinski definition) is 4. The number of aromatic nitrogens is 1. The summed E-state index contributed by atoms with van der Waals surface area (Å²) >= 11 is 0. The summed E-state index contributed by atoms with van der Waals surface area (Å²) in [4.78, 5) is 4.44. The Morgan fingerprint density at radius 1 is 0.963 bits per heavy atom. The molecule has 0 saturated heterocycles. The summed E-state index contributed by atoms with van der Waals surface area (Å²) in [5.41, 5.74) is 2.29. The Kier molecular flexibility index (Phi) is 5.77. The first-order valence-electron chi connectivity index (χ1n) is 9.08. The summed E-state index contributed by atoms with van der Waals surface area (Å²) in [5.74, 6) is 1.41. The molecule has 3 aromatic rings. The third-order valence-corrected chi connectivity index (χ3v) is 4.73. The second-order valence-corrected chi connectivity index (χ2v) is 6.50. The molecule has 2 aromatic carbocycles. The van der Waals surface area contributed by atoms with E-state index in [2.05, 4.69) is 4.98 Å². The van der Waals surface area contributed by atoms with Gasteiger partial charge >= 0.3 is 0 Å². The lowest BCUT2D eigenvalue weighted by atomic mass is 9.83. The van der Waals surface area contributed by atoms with Crippen LogP contribution in [0.5, 0.6) is 11.5 Å². The average molecular weight is 363 g/mol. The van der Waals surface area contributed by atoms with Crippen molar-refractivity contribution >= 4 is 0 Å². The maximum absolute atomic E-state index is 11.4. The lowest BCUT2D eigenvalue weighted by molar-refractivity contribution is 0.0736. The van der Waals surface area contributed by atoms with E-state index in [1.165, 1.54) is 0 Å². The van der Waals surface area contributed by atoms with E-state index in [0.29, 0.717) is 18.8 Å². The third kappa shape index (κ3) is 4.12. The highest BCUT2D eigenvalue weighted by Crippen LogP contribution is 2.38. The molecule has 1 heterocycles. The van der Waals surface area contributed by atoms with E-state index in [1.54, 1.807) is 7.11 Å². The Labute approximate surface area is 160 Å². The number of aliphatic hydroxyl groups is 1. The van der Waals surface area contributed by atoms with Gasteiger partial charge in [-0.25, -0.2) is 0 Å². The van der Waals surface area contributed by atoms with Crippen molar-refractivity contribution in [2.24, 2.45) is 0 Å². The van der Waals surface area contributed by atoms with Crippen LogP contribution < -0.4 is 9.47 Å². The van der Waals surface area contributed by atoms with Crippen LogP contribution in [0.15, 0.2) is 66.7 Å². The predicted molar refractivity (Wildman–Crippen MR) is 106 cm³/mol. The molecule has 0 aliphatic rings. The van der Waals surface area contributed by atoms with Crippen LogP contribution in [-0.4, -0.2) is 17.2 Å². The Balaban J connectivity index is 1.80. The standard InChI is InChI=1S/C23H25NO3/c1-4-23(25,21-10-5-6-11-22(21)26-3)18-12-14-20(15-13-18)27-16-19-9-7-8-17(2)24-19/h5-15,25H,4,16H2,1-3H3. The van der Waals surface area contributed by atoms with Gasteiger partial charge < -0.3 is 14.6 Å². The van der Waals surface area contributed by atoms with Crippen LogP contribution in [0.2, 0.25) is 0 Å². The van der Waals surface area contributed by atoms with Crippen molar-refractivity contribution < 1.29 is 14.6 Å². The van der Waals surface area contributed by atoms with Crippen molar-refractivity contribution in [1.82, 2.24) is 4.98 Å². The highest BCUT2D eigenvalue weighted by atomic mass is 16.5. The zero-order valence-corrected chi connectivity index (χ0v) is 16.0. The van der Waals surface area contributed by atoms with Gasteiger partial charge in [-0.1, -0.05) is 43.3 Å². The van der Waals surface area contributed by atoms with Gasteiger partial charge in [0.1, 0.15) is 23.7 Å².